The molecule has 5 nitrogen and oxygen atoms in total. The summed E-state index contributed by atoms with van der Waals surface area (Å²) in [5.74, 6) is 0. The van der Waals surface area contributed by atoms with Gasteiger partial charge in [0.2, 0.25) is 6.33 Å². The maximum absolute atomic E-state index is 5.89. The molecule has 1 aromatic rings. The average molecular weight is 330 g/mol. The monoisotopic (exact) mass is 329 g/mol. The minimum atomic E-state index is -2.48. The molecule has 6 heteroatoms. The SMILES string of the molecule is CCCCn1cc[n+](CCC[Si](OCC)(OCC)OCC)c1. The van der Waals surface area contributed by atoms with Crippen molar-refractivity contribution in [3.8, 4) is 0 Å². The summed E-state index contributed by atoms with van der Waals surface area (Å²) in [6.07, 6.45) is 9.93. The predicted octanol–water partition coefficient (Wildman–Crippen LogP) is 3.01. The molecule has 0 bridgehead atoms. The van der Waals surface area contributed by atoms with Crippen molar-refractivity contribution in [1.82, 2.24) is 4.57 Å². The number of aryl methyl sites for hydroxylation is 2. The predicted molar refractivity (Wildman–Crippen MR) is 89.6 cm³/mol. The lowest BCUT2D eigenvalue weighted by molar-refractivity contribution is -0.696. The van der Waals surface area contributed by atoms with Crippen LogP contribution in [0.4, 0.5) is 0 Å². The van der Waals surface area contributed by atoms with Gasteiger partial charge in [0.05, 0.1) is 13.1 Å². The first-order valence-electron chi connectivity index (χ1n) is 8.66. The number of nitrogens with zero attached hydrogens (tertiary/aromatic N) is 2. The summed E-state index contributed by atoms with van der Waals surface area (Å²) in [5.41, 5.74) is 0. The topological polar surface area (TPSA) is 36.5 Å². The van der Waals surface area contributed by atoms with Crippen LogP contribution >= 0.6 is 0 Å². The zero-order valence-corrected chi connectivity index (χ0v) is 15.7. The van der Waals surface area contributed by atoms with E-state index < -0.39 is 8.80 Å². The number of hydrogen-bond acceptors (Lipinski definition) is 3. The molecule has 0 aliphatic heterocycles. The third kappa shape index (κ3) is 6.60. The van der Waals surface area contributed by atoms with Gasteiger partial charge in [-0.1, -0.05) is 13.3 Å². The second-order valence-corrected chi connectivity index (χ2v) is 8.06. The van der Waals surface area contributed by atoms with Crippen molar-refractivity contribution in [2.24, 2.45) is 0 Å². The fourth-order valence-electron chi connectivity index (χ4n) is 2.52. The summed E-state index contributed by atoms with van der Waals surface area (Å²) in [7, 11) is -2.48. The molecular formula is C16H33N2O3Si+. The summed E-state index contributed by atoms with van der Waals surface area (Å²) >= 11 is 0. The van der Waals surface area contributed by atoms with Crippen LogP contribution in [0.3, 0.4) is 0 Å². The van der Waals surface area contributed by atoms with E-state index in [0.29, 0.717) is 19.8 Å². The number of rotatable bonds is 13. The highest BCUT2D eigenvalue weighted by atomic mass is 28.4. The van der Waals surface area contributed by atoms with Crippen LogP contribution < -0.4 is 4.57 Å². The molecule has 22 heavy (non-hydrogen) atoms. The van der Waals surface area contributed by atoms with Crippen molar-refractivity contribution in [2.45, 2.75) is 66.1 Å². The molecule has 0 aromatic carbocycles. The Labute approximate surface area is 136 Å². The molecule has 0 atom stereocenters. The molecule has 0 amide bonds. The molecule has 1 rings (SSSR count). The van der Waals surface area contributed by atoms with Crippen molar-refractivity contribution in [1.29, 1.82) is 0 Å². The van der Waals surface area contributed by atoms with E-state index in [-0.39, 0.29) is 0 Å². The van der Waals surface area contributed by atoms with E-state index in [2.05, 4.69) is 34.8 Å². The molecule has 0 saturated carbocycles. The van der Waals surface area contributed by atoms with Gasteiger partial charge in [-0.15, -0.1) is 0 Å². The van der Waals surface area contributed by atoms with Crippen molar-refractivity contribution < 1.29 is 17.8 Å². The maximum atomic E-state index is 5.89. The lowest BCUT2D eigenvalue weighted by atomic mass is 10.3. The quantitative estimate of drug-likeness (QED) is 0.412. The maximum Gasteiger partial charge on any atom is 0.501 e. The van der Waals surface area contributed by atoms with Gasteiger partial charge in [0, 0.05) is 25.9 Å². The highest BCUT2D eigenvalue weighted by Gasteiger charge is 2.39. The minimum Gasteiger partial charge on any atom is -0.374 e. The highest BCUT2D eigenvalue weighted by Crippen LogP contribution is 2.18. The first-order valence-corrected chi connectivity index (χ1v) is 10.6. The van der Waals surface area contributed by atoms with Crippen LogP contribution in [0.1, 0.15) is 47.0 Å². The number of imidazole rings is 1. The van der Waals surface area contributed by atoms with Crippen molar-refractivity contribution >= 4 is 8.80 Å². The summed E-state index contributed by atoms with van der Waals surface area (Å²) in [6.45, 7) is 12.2. The normalized spacial score (nSPS) is 12.0. The average Bonchev–Trinajstić information content (AvgIpc) is 2.94. The third-order valence-electron chi connectivity index (χ3n) is 3.51. The van der Waals surface area contributed by atoms with Crippen LogP contribution in [0.25, 0.3) is 0 Å². The zero-order chi connectivity index (χ0) is 16.3. The zero-order valence-electron chi connectivity index (χ0n) is 14.7. The highest BCUT2D eigenvalue weighted by molar-refractivity contribution is 6.60. The Morgan fingerprint density at radius 3 is 2.14 bits per heavy atom. The van der Waals surface area contributed by atoms with Crippen LogP contribution in [0.15, 0.2) is 18.7 Å². The lowest BCUT2D eigenvalue weighted by Gasteiger charge is -2.28. The van der Waals surface area contributed by atoms with Gasteiger partial charge in [-0.2, -0.15) is 0 Å². The molecule has 0 aliphatic carbocycles. The van der Waals surface area contributed by atoms with Gasteiger partial charge < -0.3 is 13.3 Å². The Morgan fingerprint density at radius 2 is 1.59 bits per heavy atom. The Morgan fingerprint density at radius 1 is 0.955 bits per heavy atom. The van der Waals surface area contributed by atoms with Crippen LogP contribution in [-0.4, -0.2) is 33.2 Å². The van der Waals surface area contributed by atoms with Crippen LogP contribution in [0.2, 0.25) is 6.04 Å². The van der Waals surface area contributed by atoms with E-state index in [9.17, 15) is 0 Å². The standard InChI is InChI=1S/C16H33N2O3Si/c1-5-9-11-17-13-14-18(16-17)12-10-15-22(19-6-2,20-7-3)21-8-4/h13-14,16H,5-12,15H2,1-4H3/q+1. The fourth-order valence-corrected chi connectivity index (χ4v) is 5.12. The van der Waals surface area contributed by atoms with Gasteiger partial charge >= 0.3 is 8.80 Å². The smallest absolute Gasteiger partial charge is 0.374 e. The molecule has 0 radical (unpaired) electrons. The fraction of sp³-hybridized carbons (Fsp3) is 0.812. The van der Waals surface area contributed by atoms with Crippen LogP contribution in [-0.2, 0) is 26.4 Å². The van der Waals surface area contributed by atoms with Crippen LogP contribution in [0.5, 0.6) is 0 Å². The number of aromatic nitrogens is 2. The Bertz CT molecular complexity index is 381. The second-order valence-electron chi connectivity index (χ2n) is 5.33. The Balaban J connectivity index is 2.48. The minimum absolute atomic E-state index is 0.646. The molecule has 0 fully saturated rings. The summed E-state index contributed by atoms with van der Waals surface area (Å²) < 4.78 is 22.1. The van der Waals surface area contributed by atoms with Gasteiger partial charge in [-0.25, -0.2) is 9.13 Å². The van der Waals surface area contributed by atoms with Gasteiger partial charge in [0.25, 0.3) is 0 Å². The number of unbranched alkanes of at least 4 members (excludes halogenated alkanes) is 1. The van der Waals surface area contributed by atoms with Crippen LogP contribution in [0, 0.1) is 0 Å². The molecular weight excluding hydrogens is 296 g/mol. The molecule has 128 valence electrons. The molecule has 1 heterocycles. The van der Waals surface area contributed by atoms with Gasteiger partial charge in [-0.05, 0) is 33.6 Å². The Kier molecular flexibility index (Phi) is 9.62. The Hall–Kier alpha value is -0.693. The first kappa shape index (κ1) is 19.4. The first-order chi connectivity index (χ1) is 10.7. The van der Waals surface area contributed by atoms with E-state index in [1.165, 1.54) is 12.8 Å². The lowest BCUT2D eigenvalue weighted by Crippen LogP contribution is -2.46. The van der Waals surface area contributed by atoms with Gasteiger partial charge in [-0.3, -0.25) is 0 Å². The van der Waals surface area contributed by atoms with E-state index in [1.807, 2.05) is 20.8 Å². The number of hydrogen-bond donors (Lipinski definition) is 0. The second kappa shape index (κ2) is 10.9. The van der Waals surface area contributed by atoms with Gasteiger partial charge in [0.15, 0.2) is 0 Å². The summed E-state index contributed by atoms with van der Waals surface area (Å²) in [5, 5.41) is 0. The van der Waals surface area contributed by atoms with E-state index >= 15 is 0 Å². The largest absolute Gasteiger partial charge is 0.501 e. The van der Waals surface area contributed by atoms with E-state index in [1.54, 1.807) is 0 Å². The molecule has 0 saturated heterocycles. The molecule has 0 spiro atoms. The van der Waals surface area contributed by atoms with Crippen molar-refractivity contribution in [2.75, 3.05) is 19.8 Å². The van der Waals surface area contributed by atoms with Crippen molar-refractivity contribution in [3.05, 3.63) is 18.7 Å². The van der Waals surface area contributed by atoms with Crippen molar-refractivity contribution in [3.63, 3.8) is 0 Å². The van der Waals surface area contributed by atoms with Gasteiger partial charge in [0.1, 0.15) is 12.4 Å². The molecule has 1 aromatic heterocycles. The third-order valence-corrected chi connectivity index (χ3v) is 6.66. The van der Waals surface area contributed by atoms with E-state index in [0.717, 1.165) is 25.6 Å². The molecule has 0 N–H and O–H groups in total. The molecule has 0 aliphatic rings. The summed E-state index contributed by atoms with van der Waals surface area (Å²) in [4.78, 5) is 0. The van der Waals surface area contributed by atoms with E-state index in [4.69, 9.17) is 13.3 Å². The summed E-state index contributed by atoms with van der Waals surface area (Å²) in [6, 6.07) is 0.871. The molecule has 0 unspecified atom stereocenters.